The SMILES string of the molecule is Cc1ccc(N(c2ccc(C)cc2)c2ccc3c(c2)Oc2cc4c(cc2N3c2c3ccc(C)cc3c(N3c5ccc(N(c6ccc(C)cc6)c6ccc(C)cc6)cc5Oc5cc6c(cc53)sc3ccccc36)c3ccc(C)cc23)sc2ccccc24)cc1. The fourth-order valence-corrected chi connectivity index (χ4v) is 15.6. The zero-order valence-corrected chi connectivity index (χ0v) is 51.1. The predicted molar refractivity (Wildman–Crippen MR) is 375 cm³/mol. The van der Waals surface area contributed by atoms with Gasteiger partial charge < -0.3 is 29.1 Å². The highest BCUT2D eigenvalue weighted by molar-refractivity contribution is 7.26. The Kier molecular flexibility index (Phi) is 11.9. The number of thiophene rings is 2. The lowest BCUT2D eigenvalue weighted by Gasteiger charge is -2.38. The number of nitrogens with zero attached hydrogens (tertiary/aromatic N) is 4. The molecule has 13 aromatic carbocycles. The third-order valence-corrected chi connectivity index (χ3v) is 20.0. The summed E-state index contributed by atoms with van der Waals surface area (Å²) in [6.07, 6.45) is 0. The third kappa shape index (κ3) is 8.42. The minimum atomic E-state index is 0.766. The molecule has 2 aliphatic heterocycles. The second-order valence-electron chi connectivity index (χ2n) is 23.8. The second-order valence-corrected chi connectivity index (χ2v) is 26.0. The molecule has 0 atom stereocenters. The van der Waals surface area contributed by atoms with Crippen LogP contribution in [0.1, 0.15) is 33.4 Å². The first-order valence-electron chi connectivity index (χ1n) is 30.0. The van der Waals surface area contributed by atoms with Gasteiger partial charge in [0.15, 0.2) is 23.0 Å². The zero-order chi connectivity index (χ0) is 59.1. The van der Waals surface area contributed by atoms with Gasteiger partial charge in [0.05, 0.1) is 34.1 Å². The quantitative estimate of drug-likeness (QED) is 0.141. The number of rotatable bonds is 8. The minimum absolute atomic E-state index is 0.766. The van der Waals surface area contributed by atoms with E-state index in [4.69, 9.17) is 9.47 Å². The van der Waals surface area contributed by atoms with Crippen LogP contribution in [0.2, 0.25) is 0 Å². The number of ether oxygens (including phenoxy) is 2. The maximum atomic E-state index is 7.38. The molecule has 0 radical (unpaired) electrons. The van der Waals surface area contributed by atoms with Crippen molar-refractivity contribution in [2.24, 2.45) is 0 Å². The molecule has 4 heterocycles. The number of hydrogen-bond donors (Lipinski definition) is 0. The maximum Gasteiger partial charge on any atom is 0.153 e. The molecule has 0 amide bonds. The number of benzene rings is 13. The van der Waals surface area contributed by atoms with Crippen molar-refractivity contribution in [3.05, 3.63) is 276 Å². The molecule has 0 bridgehead atoms. The molecule has 6 nitrogen and oxygen atoms in total. The van der Waals surface area contributed by atoms with Gasteiger partial charge in [-0.15, -0.1) is 22.7 Å². The van der Waals surface area contributed by atoms with Crippen LogP contribution in [0.4, 0.5) is 68.2 Å². The van der Waals surface area contributed by atoms with Crippen LogP contribution in [-0.4, -0.2) is 0 Å². The van der Waals surface area contributed by atoms with E-state index in [1.54, 1.807) is 0 Å². The van der Waals surface area contributed by atoms with Crippen LogP contribution in [0.5, 0.6) is 23.0 Å². The zero-order valence-electron chi connectivity index (χ0n) is 49.5. The van der Waals surface area contributed by atoms with E-state index in [2.05, 4.69) is 304 Å². The van der Waals surface area contributed by atoms with Crippen LogP contribution in [0.25, 0.3) is 61.9 Å². The van der Waals surface area contributed by atoms with Crippen LogP contribution in [0.15, 0.2) is 243 Å². The first-order valence-corrected chi connectivity index (χ1v) is 31.7. The fraction of sp³-hybridized carbons (Fsp3) is 0.0750. The van der Waals surface area contributed by atoms with Gasteiger partial charge in [0, 0.05) is 108 Å². The van der Waals surface area contributed by atoms with Gasteiger partial charge in [0.25, 0.3) is 0 Å². The molecule has 0 fully saturated rings. The summed E-state index contributed by atoms with van der Waals surface area (Å²) in [4.78, 5) is 9.68. The molecule has 0 saturated carbocycles. The van der Waals surface area contributed by atoms with Crippen molar-refractivity contribution in [1.29, 1.82) is 0 Å². The summed E-state index contributed by atoms with van der Waals surface area (Å²) in [5.74, 6) is 3.13. The number of aryl methyl sites for hydroxylation is 6. The highest BCUT2D eigenvalue weighted by Crippen LogP contribution is 2.62. The van der Waals surface area contributed by atoms with Gasteiger partial charge in [0.1, 0.15) is 0 Å². The normalized spacial score (nSPS) is 12.6. The number of fused-ring (bicyclic) bond motifs is 12. The Bertz CT molecular complexity index is 4930. The highest BCUT2D eigenvalue weighted by Gasteiger charge is 2.36. The summed E-state index contributed by atoms with van der Waals surface area (Å²) < 4.78 is 19.7. The van der Waals surface area contributed by atoms with Gasteiger partial charge >= 0.3 is 0 Å². The molecule has 0 unspecified atom stereocenters. The van der Waals surface area contributed by atoms with E-state index in [1.165, 1.54) is 62.6 Å². The molecule has 8 heteroatoms. The van der Waals surface area contributed by atoms with Crippen LogP contribution in [0, 0.1) is 41.5 Å². The molecular formula is C80H58N4O2S2. The summed E-state index contributed by atoms with van der Waals surface area (Å²) >= 11 is 3.66. The maximum absolute atomic E-state index is 7.38. The van der Waals surface area contributed by atoms with Crippen molar-refractivity contribution < 1.29 is 9.47 Å². The van der Waals surface area contributed by atoms with E-state index in [1.807, 2.05) is 22.7 Å². The third-order valence-electron chi connectivity index (χ3n) is 17.7. The lowest BCUT2D eigenvalue weighted by molar-refractivity contribution is 0.478. The average molecular weight is 1170 g/mol. The van der Waals surface area contributed by atoms with E-state index in [0.717, 1.165) is 124 Å². The number of hydrogen-bond acceptors (Lipinski definition) is 8. The Hall–Kier alpha value is -10.4. The molecule has 0 N–H and O–H groups in total. The van der Waals surface area contributed by atoms with Crippen LogP contribution < -0.4 is 29.1 Å². The molecule has 15 aromatic rings. The van der Waals surface area contributed by atoms with Gasteiger partial charge in [0.2, 0.25) is 0 Å². The summed E-state index contributed by atoms with van der Waals surface area (Å²) in [7, 11) is 0. The summed E-state index contributed by atoms with van der Waals surface area (Å²) in [5.41, 5.74) is 19.5. The standard InChI is InChI=1S/C80H58N4O2S2/c1-47-15-25-53(26-16-47)81(54-27-17-48(2)18-28-54)57-33-37-67-71(41-57)85-73-43-63-59-11-7-9-13-75(59)87-77(63)45-69(73)83(67)79-61-35-23-52(6)40-66(61)80(62-36-24-51(5)39-65(62)79)84-68-38-34-58(82(55-29-19-49(3)20-30-55)56-31-21-50(4)22-32-56)42-72(68)86-74-44-64-60-12-8-10-14-76(60)88-78(64)46-70(74)84/h7-46H,1-6H3. The minimum Gasteiger partial charge on any atom is -0.453 e. The van der Waals surface area contributed by atoms with Crippen LogP contribution >= 0.6 is 22.7 Å². The van der Waals surface area contributed by atoms with Crippen molar-refractivity contribution in [2.75, 3.05) is 19.6 Å². The van der Waals surface area contributed by atoms with Gasteiger partial charge in [-0.1, -0.05) is 143 Å². The predicted octanol–water partition coefficient (Wildman–Crippen LogP) is 24.7. The van der Waals surface area contributed by atoms with Crippen molar-refractivity contribution in [3.8, 4) is 23.0 Å². The Morgan fingerprint density at radius 3 is 0.955 bits per heavy atom. The second kappa shape index (κ2) is 20.1. The van der Waals surface area contributed by atoms with Crippen molar-refractivity contribution in [2.45, 2.75) is 41.5 Å². The number of anilines is 12. The Morgan fingerprint density at radius 1 is 0.250 bits per heavy atom. The van der Waals surface area contributed by atoms with Crippen molar-refractivity contribution in [3.63, 3.8) is 0 Å². The lowest BCUT2D eigenvalue weighted by atomic mass is 9.92. The largest absolute Gasteiger partial charge is 0.453 e. The molecule has 0 aliphatic carbocycles. The monoisotopic (exact) mass is 1170 g/mol. The van der Waals surface area contributed by atoms with Crippen molar-refractivity contribution >= 4 is 153 Å². The van der Waals surface area contributed by atoms with E-state index >= 15 is 0 Å². The first-order chi connectivity index (χ1) is 43.0. The topological polar surface area (TPSA) is 31.4 Å². The molecule has 2 aromatic heterocycles. The molecular weight excluding hydrogens is 1110 g/mol. The van der Waals surface area contributed by atoms with E-state index < -0.39 is 0 Å². The van der Waals surface area contributed by atoms with E-state index in [-0.39, 0.29) is 0 Å². The smallest absolute Gasteiger partial charge is 0.153 e. The Morgan fingerprint density at radius 2 is 0.580 bits per heavy atom. The lowest BCUT2D eigenvalue weighted by Crippen LogP contribution is -2.20. The van der Waals surface area contributed by atoms with Crippen molar-refractivity contribution in [1.82, 2.24) is 0 Å². The van der Waals surface area contributed by atoms with Crippen LogP contribution in [0.3, 0.4) is 0 Å². The molecule has 422 valence electrons. The van der Waals surface area contributed by atoms with Gasteiger partial charge in [-0.2, -0.15) is 0 Å². The average Bonchev–Trinajstić information content (AvgIpc) is 1.07. The first kappa shape index (κ1) is 52.0. The van der Waals surface area contributed by atoms with E-state index in [0.29, 0.717) is 0 Å². The summed E-state index contributed by atoms with van der Waals surface area (Å²) in [6.45, 7) is 13.0. The Labute approximate surface area is 519 Å². The van der Waals surface area contributed by atoms with Crippen LogP contribution in [-0.2, 0) is 0 Å². The van der Waals surface area contributed by atoms with Gasteiger partial charge in [-0.3, -0.25) is 0 Å². The molecule has 0 saturated heterocycles. The van der Waals surface area contributed by atoms with Gasteiger partial charge in [-0.05, 0) is 163 Å². The Balaban J connectivity index is 0.931. The molecule has 17 rings (SSSR count). The highest BCUT2D eigenvalue weighted by atomic mass is 32.1. The summed E-state index contributed by atoms with van der Waals surface area (Å²) in [6, 6.07) is 89.5. The molecule has 2 aliphatic rings. The van der Waals surface area contributed by atoms with Gasteiger partial charge in [-0.25, -0.2) is 0 Å². The molecule has 88 heavy (non-hydrogen) atoms. The molecule has 0 spiro atoms. The van der Waals surface area contributed by atoms with E-state index in [9.17, 15) is 0 Å². The summed E-state index contributed by atoms with van der Waals surface area (Å²) in [5, 5.41) is 9.25. The fourth-order valence-electron chi connectivity index (χ4n) is 13.4.